The smallest absolute Gasteiger partial charge is 0.194 e. The van der Waals surface area contributed by atoms with Gasteiger partial charge in [-0.15, -0.1) is 0 Å². The first-order valence-electron chi connectivity index (χ1n) is 9.16. The molecule has 0 N–H and O–H groups in total. The lowest BCUT2D eigenvalue weighted by Gasteiger charge is -2.35. The SMILES string of the molecule is CCCC1=CC=C(CCC2=CC=C(CCC)C(F)(F)C2(F)F)C(F)(F)C1(F)F. The third-order valence-electron chi connectivity index (χ3n) is 5.08. The Morgan fingerprint density at radius 2 is 0.679 bits per heavy atom. The molecule has 0 amide bonds. The van der Waals surface area contributed by atoms with E-state index >= 15 is 0 Å². The molecule has 0 radical (unpaired) electrons. The van der Waals surface area contributed by atoms with Gasteiger partial charge in [-0.25, -0.2) is 0 Å². The molecule has 0 saturated carbocycles. The molecule has 0 saturated heterocycles. The maximum Gasteiger partial charge on any atom is 0.335 e. The Bertz CT molecular complexity index is 660. The topological polar surface area (TPSA) is 0 Å². The predicted octanol–water partition coefficient (Wildman–Crippen LogP) is 7.64. The summed E-state index contributed by atoms with van der Waals surface area (Å²) in [5.74, 6) is -18.0. The fourth-order valence-corrected chi connectivity index (χ4v) is 3.40. The average molecular weight is 414 g/mol. The number of allylic oxidation sites excluding steroid dienone is 8. The van der Waals surface area contributed by atoms with Crippen LogP contribution in [0.25, 0.3) is 0 Å². The number of hydrogen-bond acceptors (Lipinski definition) is 0. The molecular formula is C20H22F8. The molecule has 0 aromatic rings. The maximum absolute atomic E-state index is 14.3. The van der Waals surface area contributed by atoms with Gasteiger partial charge in [0.1, 0.15) is 0 Å². The van der Waals surface area contributed by atoms with Crippen molar-refractivity contribution in [3.8, 4) is 0 Å². The minimum atomic E-state index is -4.55. The number of halogens is 8. The van der Waals surface area contributed by atoms with Crippen molar-refractivity contribution in [2.75, 3.05) is 0 Å². The molecular weight excluding hydrogens is 392 g/mol. The lowest BCUT2D eigenvalue weighted by atomic mass is 9.82. The minimum Gasteiger partial charge on any atom is -0.194 e. The van der Waals surface area contributed by atoms with Crippen molar-refractivity contribution in [2.24, 2.45) is 0 Å². The van der Waals surface area contributed by atoms with Gasteiger partial charge in [0.25, 0.3) is 0 Å². The van der Waals surface area contributed by atoms with Crippen LogP contribution in [0.15, 0.2) is 46.6 Å². The van der Waals surface area contributed by atoms with Gasteiger partial charge in [0.05, 0.1) is 0 Å². The van der Waals surface area contributed by atoms with Gasteiger partial charge in [-0.1, -0.05) is 51.0 Å². The quantitative estimate of drug-likeness (QED) is 0.376. The van der Waals surface area contributed by atoms with Crippen LogP contribution in [0.2, 0.25) is 0 Å². The van der Waals surface area contributed by atoms with Crippen molar-refractivity contribution in [3.05, 3.63) is 46.6 Å². The van der Waals surface area contributed by atoms with Crippen molar-refractivity contribution >= 4 is 0 Å². The van der Waals surface area contributed by atoms with Crippen LogP contribution in [0.4, 0.5) is 35.1 Å². The first-order chi connectivity index (χ1) is 12.8. The molecule has 0 nitrogen and oxygen atoms in total. The summed E-state index contributed by atoms with van der Waals surface area (Å²) in [6, 6.07) is 0. The Kier molecular flexibility index (Phi) is 6.22. The molecule has 0 aromatic carbocycles. The normalized spacial score (nSPS) is 24.8. The van der Waals surface area contributed by atoms with Gasteiger partial charge < -0.3 is 0 Å². The Morgan fingerprint density at radius 3 is 0.893 bits per heavy atom. The van der Waals surface area contributed by atoms with Crippen molar-refractivity contribution in [1.82, 2.24) is 0 Å². The molecule has 2 aliphatic carbocycles. The van der Waals surface area contributed by atoms with Gasteiger partial charge in [-0.3, -0.25) is 0 Å². The van der Waals surface area contributed by atoms with Crippen LogP contribution in [-0.2, 0) is 0 Å². The number of rotatable bonds is 7. The van der Waals surface area contributed by atoms with E-state index in [0.717, 1.165) is 24.3 Å². The number of alkyl halides is 8. The van der Waals surface area contributed by atoms with E-state index in [2.05, 4.69) is 0 Å². The molecule has 0 atom stereocenters. The van der Waals surface area contributed by atoms with Gasteiger partial charge in [0.15, 0.2) is 0 Å². The van der Waals surface area contributed by atoms with Crippen LogP contribution in [0.3, 0.4) is 0 Å². The lowest BCUT2D eigenvalue weighted by Crippen LogP contribution is -2.46. The molecule has 8 heteroatoms. The molecule has 0 heterocycles. The van der Waals surface area contributed by atoms with Crippen LogP contribution in [0, 0.1) is 0 Å². The van der Waals surface area contributed by atoms with E-state index in [1.807, 2.05) is 0 Å². The number of hydrogen-bond donors (Lipinski definition) is 0. The molecule has 158 valence electrons. The molecule has 0 spiro atoms. The largest absolute Gasteiger partial charge is 0.335 e. The van der Waals surface area contributed by atoms with E-state index in [1.54, 1.807) is 13.8 Å². The summed E-state index contributed by atoms with van der Waals surface area (Å²) in [6.07, 6.45) is 1.61. The Labute approximate surface area is 158 Å². The fraction of sp³-hybridized carbons (Fsp3) is 0.600. The second-order valence-corrected chi connectivity index (χ2v) is 7.07. The van der Waals surface area contributed by atoms with Gasteiger partial charge in [-0.05, 0) is 25.7 Å². The zero-order chi connectivity index (χ0) is 21.4. The van der Waals surface area contributed by atoms with Gasteiger partial charge in [0.2, 0.25) is 0 Å². The highest BCUT2D eigenvalue weighted by Gasteiger charge is 2.63. The first-order valence-corrected chi connectivity index (χ1v) is 9.16. The average Bonchev–Trinajstić information content (AvgIpc) is 2.58. The molecule has 0 aliphatic heterocycles. The summed E-state index contributed by atoms with van der Waals surface area (Å²) in [5.41, 5.74) is -3.55. The summed E-state index contributed by atoms with van der Waals surface area (Å²) in [6.45, 7) is 3.12. The van der Waals surface area contributed by atoms with Crippen LogP contribution in [0.1, 0.15) is 52.4 Å². The fourth-order valence-electron chi connectivity index (χ4n) is 3.40. The molecule has 2 rings (SSSR count). The highest BCUT2D eigenvalue weighted by molar-refractivity contribution is 5.41. The predicted molar refractivity (Wildman–Crippen MR) is 91.2 cm³/mol. The first kappa shape index (κ1) is 22.7. The second kappa shape index (κ2) is 7.67. The highest BCUT2D eigenvalue weighted by Crippen LogP contribution is 2.52. The third kappa shape index (κ3) is 3.54. The summed E-state index contributed by atoms with van der Waals surface area (Å²) < 4.78 is 113. The zero-order valence-corrected chi connectivity index (χ0v) is 15.6. The maximum atomic E-state index is 14.3. The van der Waals surface area contributed by atoms with E-state index < -0.39 is 58.8 Å². The van der Waals surface area contributed by atoms with E-state index in [9.17, 15) is 35.1 Å². The van der Waals surface area contributed by atoms with Crippen LogP contribution in [0.5, 0.6) is 0 Å². The Morgan fingerprint density at radius 1 is 0.464 bits per heavy atom. The zero-order valence-electron chi connectivity index (χ0n) is 15.6. The van der Waals surface area contributed by atoms with Gasteiger partial charge >= 0.3 is 23.7 Å². The molecule has 0 bridgehead atoms. The van der Waals surface area contributed by atoms with Crippen molar-refractivity contribution in [1.29, 1.82) is 0 Å². The summed E-state index contributed by atoms with van der Waals surface area (Å²) in [5, 5.41) is 0. The van der Waals surface area contributed by atoms with Crippen molar-refractivity contribution < 1.29 is 35.1 Å². The van der Waals surface area contributed by atoms with E-state index in [1.165, 1.54) is 0 Å². The highest BCUT2D eigenvalue weighted by atomic mass is 19.3. The molecule has 0 aromatic heterocycles. The Hall–Kier alpha value is -1.60. The minimum absolute atomic E-state index is 0.229. The van der Waals surface area contributed by atoms with E-state index in [4.69, 9.17) is 0 Å². The van der Waals surface area contributed by atoms with E-state index in [-0.39, 0.29) is 25.7 Å². The molecule has 0 unspecified atom stereocenters. The standard InChI is InChI=1S/C20H22F8/c1-3-5-13-7-9-15(19(25,26)17(13,21)22)11-12-16-10-8-14(6-4-2)18(23,24)20(16,27)28/h7-10H,3-6,11-12H2,1-2H3. The third-order valence-corrected chi connectivity index (χ3v) is 5.08. The van der Waals surface area contributed by atoms with Gasteiger partial charge in [-0.2, -0.15) is 35.1 Å². The molecule has 2 aliphatic rings. The monoisotopic (exact) mass is 414 g/mol. The summed E-state index contributed by atoms with van der Waals surface area (Å²) >= 11 is 0. The van der Waals surface area contributed by atoms with Crippen LogP contribution < -0.4 is 0 Å². The van der Waals surface area contributed by atoms with Gasteiger partial charge in [0, 0.05) is 22.3 Å². The van der Waals surface area contributed by atoms with Crippen LogP contribution >= 0.6 is 0 Å². The summed E-state index contributed by atoms with van der Waals surface area (Å²) in [7, 11) is 0. The van der Waals surface area contributed by atoms with E-state index in [0.29, 0.717) is 0 Å². The second-order valence-electron chi connectivity index (χ2n) is 7.07. The lowest BCUT2D eigenvalue weighted by molar-refractivity contribution is -0.169. The molecule has 28 heavy (non-hydrogen) atoms. The Balaban J connectivity index is 2.28. The van der Waals surface area contributed by atoms with Crippen molar-refractivity contribution in [3.63, 3.8) is 0 Å². The molecule has 0 fully saturated rings. The van der Waals surface area contributed by atoms with Crippen LogP contribution in [-0.4, -0.2) is 23.7 Å². The summed E-state index contributed by atoms with van der Waals surface area (Å²) in [4.78, 5) is 0. The van der Waals surface area contributed by atoms with Crippen molar-refractivity contribution in [2.45, 2.75) is 76.1 Å².